The van der Waals surface area contributed by atoms with Crippen molar-refractivity contribution in [2.45, 2.75) is 30.6 Å². The molecule has 0 aliphatic carbocycles. The molecule has 1 saturated heterocycles. The van der Waals surface area contributed by atoms with Gasteiger partial charge < -0.3 is 4.90 Å². The van der Waals surface area contributed by atoms with Crippen molar-refractivity contribution in [2.24, 2.45) is 0 Å². The van der Waals surface area contributed by atoms with Gasteiger partial charge in [0.05, 0.1) is 22.7 Å². The van der Waals surface area contributed by atoms with Crippen molar-refractivity contribution in [3.8, 4) is 0 Å². The van der Waals surface area contributed by atoms with E-state index < -0.39 is 0 Å². The lowest BCUT2D eigenvalue weighted by Crippen LogP contribution is -2.32. The molecule has 0 saturated carbocycles. The number of thioether (sulfide) groups is 1. The molecule has 3 aromatic rings. The third-order valence-corrected chi connectivity index (χ3v) is 7.13. The molecule has 3 heterocycles. The van der Waals surface area contributed by atoms with Crippen LogP contribution in [0.3, 0.4) is 0 Å². The maximum absolute atomic E-state index is 12.9. The molecule has 29 heavy (non-hydrogen) atoms. The summed E-state index contributed by atoms with van der Waals surface area (Å²) in [5.74, 6) is 0.300. The standard InChI is InChI=1S/C21H20ClN3O2S2/c1-2-9-25-20(27)15-8-7-14(22)12-16(15)23-21(25)29-13-19(26)24-10-3-5-17(24)18-6-4-11-28-18/h2,4,6-8,11-12,17H,1,3,5,9-10,13H2/t17-/m0/s1. The highest BCUT2D eigenvalue weighted by molar-refractivity contribution is 7.99. The number of allylic oxidation sites excluding steroid dienone is 1. The molecule has 1 fully saturated rings. The minimum absolute atomic E-state index is 0.0662. The van der Waals surface area contributed by atoms with Crippen LogP contribution in [0.25, 0.3) is 10.9 Å². The largest absolute Gasteiger partial charge is 0.334 e. The maximum atomic E-state index is 12.9. The van der Waals surface area contributed by atoms with Gasteiger partial charge in [0.2, 0.25) is 5.91 Å². The molecule has 4 rings (SSSR count). The number of thiophene rings is 1. The van der Waals surface area contributed by atoms with E-state index in [1.807, 2.05) is 16.3 Å². The molecular weight excluding hydrogens is 426 g/mol. The quantitative estimate of drug-likeness (QED) is 0.312. The Kier molecular flexibility index (Phi) is 6.08. The minimum atomic E-state index is -0.154. The summed E-state index contributed by atoms with van der Waals surface area (Å²) in [5, 5.41) is 3.58. The fraction of sp³-hybridized carbons (Fsp3) is 0.286. The van der Waals surface area contributed by atoms with Gasteiger partial charge in [0.1, 0.15) is 0 Å². The van der Waals surface area contributed by atoms with Gasteiger partial charge in [0.15, 0.2) is 5.16 Å². The van der Waals surface area contributed by atoms with Gasteiger partial charge in [-0.05, 0) is 42.5 Å². The topological polar surface area (TPSA) is 55.2 Å². The Morgan fingerprint density at radius 3 is 3.03 bits per heavy atom. The summed E-state index contributed by atoms with van der Waals surface area (Å²) in [6, 6.07) is 9.30. The maximum Gasteiger partial charge on any atom is 0.262 e. The first-order valence-corrected chi connectivity index (χ1v) is 11.6. The summed E-state index contributed by atoms with van der Waals surface area (Å²) in [4.78, 5) is 33.6. The molecule has 5 nitrogen and oxygen atoms in total. The molecule has 8 heteroatoms. The summed E-state index contributed by atoms with van der Waals surface area (Å²) in [5.41, 5.74) is 0.384. The highest BCUT2D eigenvalue weighted by Crippen LogP contribution is 2.35. The lowest BCUT2D eigenvalue weighted by molar-refractivity contribution is -0.129. The third kappa shape index (κ3) is 4.13. The van der Waals surface area contributed by atoms with Crippen molar-refractivity contribution in [2.75, 3.05) is 12.3 Å². The number of likely N-dealkylation sites (tertiary alicyclic amines) is 1. The van der Waals surface area contributed by atoms with Gasteiger partial charge in [-0.1, -0.05) is 35.5 Å². The van der Waals surface area contributed by atoms with Crippen LogP contribution < -0.4 is 5.56 Å². The third-order valence-electron chi connectivity index (χ3n) is 4.96. The summed E-state index contributed by atoms with van der Waals surface area (Å²) in [7, 11) is 0. The number of carbonyl (C=O) groups excluding carboxylic acids is 1. The van der Waals surface area contributed by atoms with Crippen molar-refractivity contribution in [1.82, 2.24) is 14.5 Å². The number of carbonyl (C=O) groups is 1. The number of hydrogen-bond acceptors (Lipinski definition) is 5. The van der Waals surface area contributed by atoms with Crippen molar-refractivity contribution in [1.29, 1.82) is 0 Å². The van der Waals surface area contributed by atoms with Crippen LogP contribution in [0.2, 0.25) is 5.02 Å². The highest BCUT2D eigenvalue weighted by atomic mass is 35.5. The Labute approximate surface area is 182 Å². The highest BCUT2D eigenvalue weighted by Gasteiger charge is 2.30. The second-order valence-corrected chi connectivity index (χ2v) is 9.17. The van der Waals surface area contributed by atoms with Crippen molar-refractivity contribution in [3.63, 3.8) is 0 Å². The van der Waals surface area contributed by atoms with E-state index in [1.54, 1.807) is 40.2 Å². The van der Waals surface area contributed by atoms with Gasteiger partial charge in [0.25, 0.3) is 5.56 Å². The monoisotopic (exact) mass is 445 g/mol. The van der Waals surface area contributed by atoms with Gasteiger partial charge >= 0.3 is 0 Å². The number of benzene rings is 1. The molecule has 150 valence electrons. The number of rotatable bonds is 6. The Bertz CT molecular complexity index is 1110. The van der Waals surface area contributed by atoms with Gasteiger partial charge in [-0.25, -0.2) is 4.98 Å². The molecule has 1 amide bonds. The predicted octanol–water partition coefficient (Wildman–Crippen LogP) is 4.75. The molecule has 0 N–H and O–H groups in total. The van der Waals surface area contributed by atoms with E-state index in [-0.39, 0.29) is 23.3 Å². The first kappa shape index (κ1) is 20.2. The molecule has 0 unspecified atom stereocenters. The van der Waals surface area contributed by atoms with Crippen LogP contribution in [0, 0.1) is 0 Å². The van der Waals surface area contributed by atoms with E-state index in [0.29, 0.717) is 27.6 Å². The Hall–Kier alpha value is -2.09. The summed E-state index contributed by atoms with van der Waals surface area (Å²) in [6.45, 7) is 4.84. The van der Waals surface area contributed by atoms with Crippen LogP contribution in [-0.4, -0.2) is 32.7 Å². The second-order valence-electron chi connectivity index (χ2n) is 6.81. The zero-order valence-corrected chi connectivity index (χ0v) is 18.1. The van der Waals surface area contributed by atoms with E-state index in [9.17, 15) is 9.59 Å². The van der Waals surface area contributed by atoms with Gasteiger partial charge in [-0.2, -0.15) is 0 Å². The molecule has 0 spiro atoms. The first-order chi connectivity index (χ1) is 14.1. The van der Waals surface area contributed by atoms with E-state index in [4.69, 9.17) is 11.6 Å². The van der Waals surface area contributed by atoms with Crippen LogP contribution in [0.15, 0.2) is 58.3 Å². The normalized spacial score (nSPS) is 16.4. The average molecular weight is 446 g/mol. The Morgan fingerprint density at radius 1 is 1.41 bits per heavy atom. The van der Waals surface area contributed by atoms with E-state index in [0.717, 1.165) is 19.4 Å². The number of fused-ring (bicyclic) bond motifs is 1. The minimum Gasteiger partial charge on any atom is -0.334 e. The van der Waals surface area contributed by atoms with Crippen LogP contribution in [0.5, 0.6) is 0 Å². The molecule has 1 aliphatic heterocycles. The fourth-order valence-electron chi connectivity index (χ4n) is 3.63. The molecule has 0 bridgehead atoms. The number of aromatic nitrogens is 2. The zero-order valence-electron chi connectivity index (χ0n) is 15.7. The van der Waals surface area contributed by atoms with Crippen molar-refractivity contribution < 1.29 is 4.79 Å². The number of hydrogen-bond donors (Lipinski definition) is 0. The van der Waals surface area contributed by atoms with E-state index in [1.165, 1.54) is 16.6 Å². The fourth-order valence-corrected chi connectivity index (χ4v) is 5.56. The second kappa shape index (κ2) is 8.73. The van der Waals surface area contributed by atoms with Crippen LogP contribution in [0.4, 0.5) is 0 Å². The smallest absolute Gasteiger partial charge is 0.262 e. The van der Waals surface area contributed by atoms with E-state index >= 15 is 0 Å². The Balaban J connectivity index is 1.58. The molecule has 1 atom stereocenters. The van der Waals surface area contributed by atoms with Crippen LogP contribution in [0.1, 0.15) is 23.8 Å². The predicted molar refractivity (Wildman–Crippen MR) is 120 cm³/mol. The lowest BCUT2D eigenvalue weighted by Gasteiger charge is -2.24. The van der Waals surface area contributed by atoms with Gasteiger partial charge in [-0.3, -0.25) is 14.2 Å². The molecule has 0 radical (unpaired) electrons. The van der Waals surface area contributed by atoms with Crippen molar-refractivity contribution >= 4 is 51.5 Å². The van der Waals surface area contributed by atoms with E-state index in [2.05, 4.69) is 17.6 Å². The number of amides is 1. The average Bonchev–Trinajstić information content (AvgIpc) is 3.39. The molecular formula is C21H20ClN3O2S2. The molecule has 1 aromatic carbocycles. The SMILES string of the molecule is C=CCn1c(SCC(=O)N2CCC[C@H]2c2cccs2)nc2cc(Cl)ccc2c1=O. The van der Waals surface area contributed by atoms with Crippen molar-refractivity contribution in [3.05, 3.63) is 68.6 Å². The summed E-state index contributed by atoms with van der Waals surface area (Å²) < 4.78 is 1.56. The lowest BCUT2D eigenvalue weighted by atomic mass is 10.2. The first-order valence-electron chi connectivity index (χ1n) is 9.35. The van der Waals surface area contributed by atoms with Crippen LogP contribution >= 0.6 is 34.7 Å². The van der Waals surface area contributed by atoms with Crippen LogP contribution in [-0.2, 0) is 11.3 Å². The number of halogens is 1. The summed E-state index contributed by atoms with van der Waals surface area (Å²) >= 11 is 9.05. The molecule has 2 aromatic heterocycles. The number of nitrogens with zero attached hydrogens (tertiary/aromatic N) is 3. The zero-order chi connectivity index (χ0) is 20.4. The molecule has 1 aliphatic rings. The Morgan fingerprint density at radius 2 is 2.28 bits per heavy atom. The van der Waals surface area contributed by atoms with Gasteiger partial charge in [0, 0.05) is 23.0 Å². The van der Waals surface area contributed by atoms with Gasteiger partial charge in [-0.15, -0.1) is 17.9 Å². The summed E-state index contributed by atoms with van der Waals surface area (Å²) in [6.07, 6.45) is 3.65.